The van der Waals surface area contributed by atoms with Gasteiger partial charge in [-0.05, 0) is 25.8 Å². The van der Waals surface area contributed by atoms with Gasteiger partial charge in [0.25, 0.3) is 0 Å². The Hall–Kier alpha value is -1.08. The fraction of sp³-hybridized carbons (Fsp3) is 0.769. The largest absolute Gasteiger partial charge is 0.493 e. The lowest BCUT2D eigenvalue weighted by atomic mass is 9.96. The SMILES string of the molecule is CCCn1ncc(OC)c1C(NC)C1CCS(=O)(=O)C1. The number of nitrogens with zero attached hydrogens (tertiary/aromatic N) is 2. The molecule has 2 unspecified atom stereocenters. The summed E-state index contributed by atoms with van der Waals surface area (Å²) in [6.07, 6.45) is 3.37. The van der Waals surface area contributed by atoms with Crippen molar-refractivity contribution >= 4 is 9.84 Å². The van der Waals surface area contributed by atoms with Crippen LogP contribution in [0.25, 0.3) is 0 Å². The third-order valence-electron chi connectivity index (χ3n) is 3.84. The van der Waals surface area contributed by atoms with Gasteiger partial charge in [-0.3, -0.25) is 4.68 Å². The molecule has 1 saturated heterocycles. The van der Waals surface area contributed by atoms with E-state index in [1.807, 2.05) is 11.7 Å². The summed E-state index contributed by atoms with van der Waals surface area (Å²) in [7, 11) is 0.583. The Morgan fingerprint density at radius 2 is 2.35 bits per heavy atom. The molecular weight excluding hydrogens is 278 g/mol. The Morgan fingerprint density at radius 1 is 1.60 bits per heavy atom. The van der Waals surface area contributed by atoms with Crippen molar-refractivity contribution in [1.82, 2.24) is 15.1 Å². The fourth-order valence-corrected chi connectivity index (χ4v) is 4.76. The number of aromatic nitrogens is 2. The van der Waals surface area contributed by atoms with Crippen LogP contribution in [0.15, 0.2) is 6.20 Å². The van der Waals surface area contributed by atoms with Crippen LogP contribution in [0.5, 0.6) is 5.75 Å². The second kappa shape index (κ2) is 6.13. The lowest BCUT2D eigenvalue weighted by Gasteiger charge is -2.24. The normalized spacial score (nSPS) is 22.9. The van der Waals surface area contributed by atoms with Gasteiger partial charge in [0.2, 0.25) is 0 Å². The van der Waals surface area contributed by atoms with Gasteiger partial charge in [0.15, 0.2) is 15.6 Å². The first-order chi connectivity index (χ1) is 9.52. The molecule has 0 amide bonds. The van der Waals surface area contributed by atoms with Crippen molar-refractivity contribution in [1.29, 1.82) is 0 Å². The topological polar surface area (TPSA) is 73.2 Å². The molecule has 0 aromatic carbocycles. The molecule has 1 aromatic heterocycles. The first-order valence-corrected chi connectivity index (χ1v) is 8.82. The van der Waals surface area contributed by atoms with Crippen LogP contribution in [0.3, 0.4) is 0 Å². The molecule has 0 aliphatic carbocycles. The molecule has 0 saturated carbocycles. The van der Waals surface area contributed by atoms with E-state index >= 15 is 0 Å². The fourth-order valence-electron chi connectivity index (χ4n) is 2.92. The van der Waals surface area contributed by atoms with Gasteiger partial charge in [0.1, 0.15) is 0 Å². The van der Waals surface area contributed by atoms with Gasteiger partial charge >= 0.3 is 0 Å². The van der Waals surface area contributed by atoms with Crippen molar-refractivity contribution < 1.29 is 13.2 Å². The first-order valence-electron chi connectivity index (χ1n) is 6.99. The maximum absolute atomic E-state index is 11.7. The van der Waals surface area contributed by atoms with Crippen LogP contribution in [0, 0.1) is 5.92 Å². The van der Waals surface area contributed by atoms with Crippen molar-refractivity contribution in [3.63, 3.8) is 0 Å². The smallest absolute Gasteiger partial charge is 0.161 e. The molecule has 0 bridgehead atoms. The summed E-state index contributed by atoms with van der Waals surface area (Å²) in [5, 5.41) is 7.61. The molecule has 2 heterocycles. The minimum atomic E-state index is -2.90. The lowest BCUT2D eigenvalue weighted by Crippen LogP contribution is -2.29. The molecule has 2 atom stereocenters. The molecule has 20 heavy (non-hydrogen) atoms. The number of ether oxygens (including phenoxy) is 1. The van der Waals surface area contributed by atoms with E-state index in [0.717, 1.165) is 24.4 Å². The number of methoxy groups -OCH3 is 1. The maximum Gasteiger partial charge on any atom is 0.161 e. The molecule has 114 valence electrons. The summed E-state index contributed by atoms with van der Waals surface area (Å²) in [5.41, 5.74) is 0.957. The van der Waals surface area contributed by atoms with Crippen LogP contribution in [0.1, 0.15) is 31.5 Å². The van der Waals surface area contributed by atoms with Crippen molar-refractivity contribution in [2.75, 3.05) is 25.7 Å². The Labute approximate surface area is 120 Å². The second-order valence-corrected chi connectivity index (χ2v) is 7.48. The average Bonchev–Trinajstić information content (AvgIpc) is 2.96. The zero-order valence-corrected chi connectivity index (χ0v) is 13.1. The Bertz CT molecular complexity index is 553. The molecule has 1 aromatic rings. The summed E-state index contributed by atoms with van der Waals surface area (Å²) in [4.78, 5) is 0. The van der Waals surface area contributed by atoms with E-state index < -0.39 is 9.84 Å². The molecule has 1 fully saturated rings. The highest BCUT2D eigenvalue weighted by Crippen LogP contribution is 2.35. The summed E-state index contributed by atoms with van der Waals surface area (Å²) in [6, 6.07) is -0.0451. The van der Waals surface area contributed by atoms with E-state index in [-0.39, 0.29) is 23.5 Å². The summed E-state index contributed by atoms with van der Waals surface area (Å²) >= 11 is 0. The maximum atomic E-state index is 11.7. The number of hydrogen-bond donors (Lipinski definition) is 1. The van der Waals surface area contributed by atoms with Crippen LogP contribution >= 0.6 is 0 Å². The van der Waals surface area contributed by atoms with Gasteiger partial charge in [-0.15, -0.1) is 0 Å². The van der Waals surface area contributed by atoms with Gasteiger partial charge in [-0.2, -0.15) is 5.10 Å². The minimum absolute atomic E-state index is 0.0451. The predicted molar refractivity (Wildman–Crippen MR) is 77.6 cm³/mol. The van der Waals surface area contributed by atoms with E-state index in [0.29, 0.717) is 6.42 Å². The van der Waals surface area contributed by atoms with Crippen molar-refractivity contribution in [2.24, 2.45) is 5.92 Å². The molecule has 2 rings (SSSR count). The van der Waals surface area contributed by atoms with Crippen molar-refractivity contribution in [3.8, 4) is 5.75 Å². The number of hydrogen-bond acceptors (Lipinski definition) is 5. The molecule has 1 aliphatic heterocycles. The van der Waals surface area contributed by atoms with E-state index in [9.17, 15) is 8.42 Å². The molecule has 1 N–H and O–H groups in total. The van der Waals surface area contributed by atoms with Gasteiger partial charge in [0.05, 0.1) is 36.5 Å². The molecule has 6 nitrogen and oxygen atoms in total. The predicted octanol–water partition coefficient (Wildman–Crippen LogP) is 0.997. The third kappa shape index (κ3) is 2.98. The summed E-state index contributed by atoms with van der Waals surface area (Å²) in [5.74, 6) is 1.31. The number of nitrogens with one attached hydrogen (secondary N) is 1. The average molecular weight is 301 g/mol. The van der Waals surface area contributed by atoms with Crippen LogP contribution < -0.4 is 10.1 Å². The van der Waals surface area contributed by atoms with E-state index in [4.69, 9.17) is 4.74 Å². The number of rotatable bonds is 6. The second-order valence-electron chi connectivity index (χ2n) is 5.25. The van der Waals surface area contributed by atoms with E-state index in [1.54, 1.807) is 13.3 Å². The third-order valence-corrected chi connectivity index (χ3v) is 5.64. The number of aryl methyl sites for hydroxylation is 1. The van der Waals surface area contributed by atoms with Gasteiger partial charge in [-0.1, -0.05) is 6.92 Å². The van der Waals surface area contributed by atoms with Crippen molar-refractivity contribution in [3.05, 3.63) is 11.9 Å². The summed E-state index contributed by atoms with van der Waals surface area (Å²) in [6.45, 7) is 2.89. The van der Waals surface area contributed by atoms with Crippen molar-refractivity contribution in [2.45, 2.75) is 32.4 Å². The highest BCUT2D eigenvalue weighted by molar-refractivity contribution is 7.91. The Balaban J connectivity index is 2.33. The zero-order chi connectivity index (χ0) is 14.8. The molecule has 0 radical (unpaired) electrons. The van der Waals surface area contributed by atoms with Crippen LogP contribution in [-0.4, -0.2) is 43.9 Å². The summed E-state index contributed by atoms with van der Waals surface area (Å²) < 4.78 is 30.7. The molecule has 7 heteroatoms. The standard InChI is InChI=1S/C13H23N3O3S/c1-4-6-16-13(11(19-3)8-15-16)12(14-2)10-5-7-20(17,18)9-10/h8,10,12,14H,4-7,9H2,1-3H3. The van der Waals surface area contributed by atoms with E-state index in [1.165, 1.54) is 0 Å². The Kier molecular flexibility index (Phi) is 4.70. The number of sulfone groups is 1. The van der Waals surface area contributed by atoms with Gasteiger partial charge in [-0.25, -0.2) is 8.42 Å². The molecule has 1 aliphatic rings. The van der Waals surface area contributed by atoms with E-state index in [2.05, 4.69) is 17.3 Å². The van der Waals surface area contributed by atoms with Crippen LogP contribution in [-0.2, 0) is 16.4 Å². The van der Waals surface area contributed by atoms with Crippen LogP contribution in [0.4, 0.5) is 0 Å². The monoisotopic (exact) mass is 301 g/mol. The highest BCUT2D eigenvalue weighted by atomic mass is 32.2. The highest BCUT2D eigenvalue weighted by Gasteiger charge is 2.36. The minimum Gasteiger partial charge on any atom is -0.493 e. The van der Waals surface area contributed by atoms with Crippen LogP contribution in [0.2, 0.25) is 0 Å². The zero-order valence-electron chi connectivity index (χ0n) is 12.3. The first kappa shape index (κ1) is 15.3. The molecule has 0 spiro atoms. The van der Waals surface area contributed by atoms with Gasteiger partial charge < -0.3 is 10.1 Å². The quantitative estimate of drug-likeness (QED) is 0.848. The van der Waals surface area contributed by atoms with Gasteiger partial charge in [0, 0.05) is 6.54 Å². The molecular formula is C13H23N3O3S. The lowest BCUT2D eigenvalue weighted by molar-refractivity contribution is 0.354. The Morgan fingerprint density at radius 3 is 2.85 bits per heavy atom.